The van der Waals surface area contributed by atoms with Crippen molar-refractivity contribution in [3.8, 4) is 17.2 Å². The van der Waals surface area contributed by atoms with Crippen molar-refractivity contribution >= 4 is 23.5 Å². The van der Waals surface area contributed by atoms with E-state index in [2.05, 4.69) is 47.2 Å². The Kier molecular flexibility index (Phi) is 5.23. The van der Waals surface area contributed by atoms with E-state index in [-0.39, 0.29) is 6.79 Å². The molecule has 0 amide bonds. The van der Waals surface area contributed by atoms with E-state index < -0.39 is 0 Å². The molecule has 1 aliphatic heterocycles. The molecule has 6 nitrogen and oxygen atoms in total. The lowest BCUT2D eigenvalue weighted by Crippen LogP contribution is -2.32. The Hall–Kier alpha value is -2.54. The third kappa shape index (κ3) is 3.76. The summed E-state index contributed by atoms with van der Waals surface area (Å²) in [5.74, 6) is 1.56. The molecule has 1 aromatic heterocycles. The first-order valence-corrected chi connectivity index (χ1v) is 8.67. The number of hydrogen-bond acceptors (Lipinski definition) is 4. The van der Waals surface area contributed by atoms with Crippen LogP contribution in [-0.4, -0.2) is 29.2 Å². The van der Waals surface area contributed by atoms with E-state index in [4.69, 9.17) is 21.7 Å². The monoisotopic (exact) mass is 358 g/mol. The van der Waals surface area contributed by atoms with Gasteiger partial charge in [-0.15, -0.1) is 0 Å². The van der Waals surface area contributed by atoms with Crippen molar-refractivity contribution in [3.63, 3.8) is 0 Å². The third-order valence-electron chi connectivity index (χ3n) is 3.99. The zero-order valence-corrected chi connectivity index (χ0v) is 15.4. The van der Waals surface area contributed by atoms with Gasteiger partial charge in [0.15, 0.2) is 16.6 Å². The Labute approximate surface area is 152 Å². The van der Waals surface area contributed by atoms with E-state index in [1.54, 1.807) is 6.21 Å². The molecule has 2 heterocycles. The average Bonchev–Trinajstić information content (AvgIpc) is 3.17. The van der Waals surface area contributed by atoms with Crippen LogP contribution in [0, 0.1) is 13.8 Å². The minimum atomic E-state index is 0.276. The number of aryl methyl sites for hydroxylation is 1. The topological polar surface area (TPSA) is 59.8 Å². The van der Waals surface area contributed by atoms with Crippen LogP contribution in [0.15, 0.2) is 29.4 Å². The highest BCUT2D eigenvalue weighted by atomic mass is 32.1. The standard InChI is InChI=1S/C18H22N4O2S/c1-4-7-19-18(25)21-20-10-14-8-12(2)22(13(14)3)15-5-6-16-17(9-15)24-11-23-16/h5-6,8-10H,4,7,11H2,1-3H3,(H2,19,21,25)/b20-10-. The van der Waals surface area contributed by atoms with Crippen molar-refractivity contribution in [2.75, 3.05) is 13.3 Å². The molecule has 0 unspecified atom stereocenters. The molecule has 1 aliphatic rings. The molecule has 3 rings (SSSR count). The van der Waals surface area contributed by atoms with Crippen LogP contribution < -0.4 is 20.2 Å². The second-order valence-electron chi connectivity index (χ2n) is 5.83. The highest BCUT2D eigenvalue weighted by Crippen LogP contribution is 2.34. The summed E-state index contributed by atoms with van der Waals surface area (Å²) in [6.45, 7) is 7.32. The summed E-state index contributed by atoms with van der Waals surface area (Å²) in [5, 5.41) is 7.83. The van der Waals surface area contributed by atoms with Gasteiger partial charge in [-0.05, 0) is 50.7 Å². The summed E-state index contributed by atoms with van der Waals surface area (Å²) in [6.07, 6.45) is 2.80. The van der Waals surface area contributed by atoms with Crippen LogP contribution in [0.3, 0.4) is 0 Å². The number of nitrogens with zero attached hydrogens (tertiary/aromatic N) is 2. The molecule has 0 spiro atoms. The molecule has 0 saturated carbocycles. The highest BCUT2D eigenvalue weighted by molar-refractivity contribution is 7.80. The first-order chi connectivity index (χ1) is 12.1. The Morgan fingerprint density at radius 2 is 2.08 bits per heavy atom. The zero-order valence-electron chi connectivity index (χ0n) is 14.6. The van der Waals surface area contributed by atoms with Gasteiger partial charge in [0.1, 0.15) is 0 Å². The van der Waals surface area contributed by atoms with Crippen LogP contribution in [0.2, 0.25) is 0 Å². The lowest BCUT2D eigenvalue weighted by atomic mass is 10.2. The number of hydrogen-bond donors (Lipinski definition) is 2. The number of thiocarbonyl (C=S) groups is 1. The second kappa shape index (κ2) is 7.57. The normalized spacial score (nSPS) is 12.6. The number of nitrogens with one attached hydrogen (secondary N) is 2. The van der Waals surface area contributed by atoms with Crippen molar-refractivity contribution in [2.45, 2.75) is 27.2 Å². The summed E-state index contributed by atoms with van der Waals surface area (Å²) in [4.78, 5) is 0. The number of benzene rings is 1. The molecule has 2 N–H and O–H groups in total. The highest BCUT2D eigenvalue weighted by Gasteiger charge is 2.16. The Balaban J connectivity index is 1.78. The summed E-state index contributed by atoms with van der Waals surface area (Å²) < 4.78 is 13.0. The zero-order chi connectivity index (χ0) is 17.8. The minimum Gasteiger partial charge on any atom is -0.454 e. The van der Waals surface area contributed by atoms with E-state index in [1.807, 2.05) is 18.2 Å². The van der Waals surface area contributed by atoms with Gasteiger partial charge in [0.2, 0.25) is 6.79 Å². The van der Waals surface area contributed by atoms with E-state index in [9.17, 15) is 0 Å². The van der Waals surface area contributed by atoms with E-state index in [0.29, 0.717) is 5.11 Å². The van der Waals surface area contributed by atoms with Crippen LogP contribution in [0.25, 0.3) is 5.69 Å². The molecule has 0 atom stereocenters. The fourth-order valence-electron chi connectivity index (χ4n) is 2.78. The minimum absolute atomic E-state index is 0.276. The largest absolute Gasteiger partial charge is 0.454 e. The van der Waals surface area contributed by atoms with Crippen molar-refractivity contribution in [1.29, 1.82) is 0 Å². The maximum absolute atomic E-state index is 5.48. The van der Waals surface area contributed by atoms with Crippen molar-refractivity contribution < 1.29 is 9.47 Å². The lowest BCUT2D eigenvalue weighted by Gasteiger charge is -2.10. The van der Waals surface area contributed by atoms with Gasteiger partial charge >= 0.3 is 0 Å². The number of hydrazone groups is 1. The van der Waals surface area contributed by atoms with Crippen molar-refractivity contribution in [3.05, 3.63) is 41.2 Å². The molecular weight excluding hydrogens is 336 g/mol. The molecule has 7 heteroatoms. The Bertz CT molecular complexity index is 814. The average molecular weight is 358 g/mol. The fourth-order valence-corrected chi connectivity index (χ4v) is 2.93. The number of rotatable bonds is 5. The van der Waals surface area contributed by atoms with Gasteiger partial charge in [-0.2, -0.15) is 5.10 Å². The van der Waals surface area contributed by atoms with Gasteiger partial charge in [0, 0.05) is 35.2 Å². The molecule has 0 fully saturated rings. The lowest BCUT2D eigenvalue weighted by molar-refractivity contribution is 0.174. The van der Waals surface area contributed by atoms with E-state index in [0.717, 1.165) is 47.1 Å². The van der Waals surface area contributed by atoms with Crippen LogP contribution >= 0.6 is 12.2 Å². The first-order valence-electron chi connectivity index (χ1n) is 8.26. The summed E-state index contributed by atoms with van der Waals surface area (Å²) in [7, 11) is 0. The van der Waals surface area contributed by atoms with Crippen molar-refractivity contribution in [2.24, 2.45) is 5.10 Å². The molecule has 0 radical (unpaired) electrons. The predicted molar refractivity (Wildman–Crippen MR) is 103 cm³/mol. The molecule has 0 saturated heterocycles. The van der Waals surface area contributed by atoms with Gasteiger partial charge in [0.05, 0.1) is 6.21 Å². The van der Waals surface area contributed by atoms with Crippen LogP contribution in [0.5, 0.6) is 11.5 Å². The molecular formula is C18H22N4O2S. The van der Waals surface area contributed by atoms with Gasteiger partial charge in [-0.1, -0.05) is 6.92 Å². The number of aromatic nitrogens is 1. The van der Waals surface area contributed by atoms with Gasteiger partial charge in [-0.3, -0.25) is 5.43 Å². The third-order valence-corrected chi connectivity index (χ3v) is 4.23. The fraction of sp³-hybridized carbons (Fsp3) is 0.333. The second-order valence-corrected chi connectivity index (χ2v) is 6.23. The summed E-state index contributed by atoms with van der Waals surface area (Å²) >= 11 is 5.15. The molecule has 2 aromatic rings. The van der Waals surface area contributed by atoms with E-state index in [1.165, 1.54) is 0 Å². The molecule has 1 aromatic carbocycles. The molecule has 0 aliphatic carbocycles. The number of ether oxygens (including phenoxy) is 2. The van der Waals surface area contributed by atoms with Crippen molar-refractivity contribution in [1.82, 2.24) is 15.3 Å². The predicted octanol–water partition coefficient (Wildman–Crippen LogP) is 3.03. The molecule has 132 valence electrons. The first kappa shape index (κ1) is 17.3. The maximum atomic E-state index is 5.48. The van der Waals surface area contributed by atoms with Crippen LogP contribution in [0.4, 0.5) is 0 Å². The summed E-state index contributed by atoms with van der Waals surface area (Å²) in [5.41, 5.74) is 7.11. The Morgan fingerprint density at radius 3 is 2.88 bits per heavy atom. The van der Waals surface area contributed by atoms with Gasteiger partial charge in [-0.25, -0.2) is 0 Å². The number of fused-ring (bicyclic) bond motifs is 1. The van der Waals surface area contributed by atoms with Gasteiger partial charge in [0.25, 0.3) is 0 Å². The Morgan fingerprint density at radius 1 is 1.28 bits per heavy atom. The SMILES string of the molecule is CCCNC(=S)N/N=C\c1cc(C)n(-c2ccc3c(c2)OCO3)c1C. The summed E-state index contributed by atoms with van der Waals surface area (Å²) in [6, 6.07) is 8.04. The van der Waals surface area contributed by atoms with E-state index >= 15 is 0 Å². The maximum Gasteiger partial charge on any atom is 0.231 e. The molecule has 0 bridgehead atoms. The van der Waals surface area contributed by atoms with Crippen LogP contribution in [0.1, 0.15) is 30.3 Å². The van der Waals surface area contributed by atoms with Crippen LogP contribution in [-0.2, 0) is 0 Å². The quantitative estimate of drug-likeness (QED) is 0.489. The smallest absolute Gasteiger partial charge is 0.231 e. The molecule has 25 heavy (non-hydrogen) atoms. The van der Waals surface area contributed by atoms with Gasteiger partial charge < -0.3 is 19.4 Å².